The third kappa shape index (κ3) is 11.1. The lowest BCUT2D eigenvalue weighted by Gasteiger charge is -2.36. The van der Waals surface area contributed by atoms with E-state index in [4.69, 9.17) is 4.74 Å². The normalized spacial score (nSPS) is 13.5. The molecule has 1 aromatic carbocycles. The highest BCUT2D eigenvalue weighted by atomic mass is 16.6. The number of aryl methyl sites for hydroxylation is 1. The predicted octanol–water partition coefficient (Wildman–Crippen LogP) is 4.25. The molecule has 0 heterocycles. The van der Waals surface area contributed by atoms with Crippen molar-refractivity contribution < 1.29 is 24.2 Å². The number of alkyl carbamates (subject to hydrolysis) is 1. The van der Waals surface area contributed by atoms with E-state index in [0.717, 1.165) is 24.8 Å². The van der Waals surface area contributed by atoms with Crippen molar-refractivity contribution in [3.63, 3.8) is 0 Å². The van der Waals surface area contributed by atoms with E-state index >= 15 is 0 Å². The van der Waals surface area contributed by atoms with Gasteiger partial charge in [0.05, 0.1) is 6.61 Å². The summed E-state index contributed by atoms with van der Waals surface area (Å²) in [7, 11) is 0. The van der Waals surface area contributed by atoms with Crippen molar-refractivity contribution in [3.05, 3.63) is 35.4 Å². The number of amides is 3. The van der Waals surface area contributed by atoms with Gasteiger partial charge in [-0.2, -0.15) is 0 Å². The molecule has 0 saturated heterocycles. The number of aliphatic hydroxyl groups is 1. The Labute approximate surface area is 210 Å². The zero-order valence-corrected chi connectivity index (χ0v) is 22.7. The molecular weight excluding hydrogens is 446 g/mol. The molecule has 0 radical (unpaired) electrons. The highest BCUT2D eigenvalue weighted by Crippen LogP contribution is 2.25. The number of unbranched alkanes of at least 4 members (excludes halogenated alkanes) is 3. The monoisotopic (exact) mass is 491 g/mol. The molecule has 3 amide bonds. The van der Waals surface area contributed by atoms with Crippen molar-refractivity contribution in [3.8, 4) is 0 Å². The van der Waals surface area contributed by atoms with Crippen LogP contribution in [0, 0.1) is 6.92 Å². The maximum Gasteiger partial charge on any atom is 0.408 e. The Hall–Kier alpha value is -2.61. The molecule has 0 aromatic heterocycles. The fourth-order valence-electron chi connectivity index (χ4n) is 3.66. The summed E-state index contributed by atoms with van der Waals surface area (Å²) in [6, 6.07) is 5.32. The summed E-state index contributed by atoms with van der Waals surface area (Å²) in [5.74, 6) is -0.855. The lowest BCUT2D eigenvalue weighted by Crippen LogP contribution is -2.55. The molecule has 0 aliphatic rings. The number of ether oxygens (including phenoxy) is 1. The lowest BCUT2D eigenvalue weighted by molar-refractivity contribution is -0.144. The van der Waals surface area contributed by atoms with Crippen molar-refractivity contribution in [1.29, 1.82) is 0 Å². The van der Waals surface area contributed by atoms with Crippen LogP contribution in [0.15, 0.2) is 24.3 Å². The predicted molar refractivity (Wildman–Crippen MR) is 138 cm³/mol. The summed E-state index contributed by atoms with van der Waals surface area (Å²) < 4.78 is 5.28. The Balaban J connectivity index is 3.40. The fourth-order valence-corrected chi connectivity index (χ4v) is 3.66. The first-order valence-electron chi connectivity index (χ1n) is 12.5. The second kappa shape index (κ2) is 13.5. The Bertz CT molecular complexity index is 842. The van der Waals surface area contributed by atoms with Gasteiger partial charge in [0, 0.05) is 12.1 Å². The van der Waals surface area contributed by atoms with Gasteiger partial charge >= 0.3 is 6.09 Å². The second-order valence-corrected chi connectivity index (χ2v) is 11.0. The number of carbonyl (C=O) groups is 3. The Morgan fingerprint density at radius 1 is 1.06 bits per heavy atom. The van der Waals surface area contributed by atoms with Gasteiger partial charge < -0.3 is 25.4 Å². The van der Waals surface area contributed by atoms with Gasteiger partial charge in [-0.05, 0) is 60.5 Å². The van der Waals surface area contributed by atoms with Gasteiger partial charge in [-0.15, -0.1) is 0 Å². The van der Waals surface area contributed by atoms with E-state index < -0.39 is 41.8 Å². The van der Waals surface area contributed by atoms with E-state index in [2.05, 4.69) is 17.6 Å². The summed E-state index contributed by atoms with van der Waals surface area (Å²) in [4.78, 5) is 41.1. The van der Waals surface area contributed by atoms with Crippen LogP contribution < -0.4 is 10.6 Å². The molecule has 1 rings (SSSR count). The van der Waals surface area contributed by atoms with Crippen LogP contribution in [-0.2, 0) is 14.3 Å². The molecule has 8 nitrogen and oxygen atoms in total. The van der Waals surface area contributed by atoms with Gasteiger partial charge in [-0.1, -0.05) is 56.0 Å². The van der Waals surface area contributed by atoms with Crippen molar-refractivity contribution in [2.24, 2.45) is 0 Å². The van der Waals surface area contributed by atoms with E-state index in [-0.39, 0.29) is 5.91 Å². The van der Waals surface area contributed by atoms with Crippen LogP contribution in [0.5, 0.6) is 0 Å². The lowest BCUT2D eigenvalue weighted by atomic mass is 9.98. The van der Waals surface area contributed by atoms with E-state index in [1.165, 1.54) is 4.90 Å². The number of rotatable bonds is 11. The number of benzene rings is 1. The molecule has 0 spiro atoms. The molecule has 0 fully saturated rings. The van der Waals surface area contributed by atoms with E-state index in [1.807, 2.05) is 52.0 Å². The van der Waals surface area contributed by atoms with Crippen LogP contribution in [0.2, 0.25) is 0 Å². The molecule has 198 valence electrons. The number of hydrogen-bond donors (Lipinski definition) is 3. The molecule has 3 N–H and O–H groups in total. The summed E-state index contributed by atoms with van der Waals surface area (Å²) in [5, 5.41) is 15.5. The maximum atomic E-state index is 13.7. The SMILES string of the molecule is CCCCCCN(C(=O)C(CO)NC(=O)OC(C)(C)C)C(C(=O)NC(C)(C)C)c1cccc(C)c1. The van der Waals surface area contributed by atoms with Crippen LogP contribution >= 0.6 is 0 Å². The van der Waals surface area contributed by atoms with Crippen molar-refractivity contribution in [2.45, 2.75) is 104 Å². The van der Waals surface area contributed by atoms with Crippen LogP contribution in [0.25, 0.3) is 0 Å². The molecule has 35 heavy (non-hydrogen) atoms. The topological polar surface area (TPSA) is 108 Å². The summed E-state index contributed by atoms with van der Waals surface area (Å²) >= 11 is 0. The van der Waals surface area contributed by atoms with Gasteiger partial charge in [0.25, 0.3) is 0 Å². The first kappa shape index (κ1) is 30.4. The Morgan fingerprint density at radius 2 is 1.71 bits per heavy atom. The quantitative estimate of drug-likeness (QED) is 0.401. The first-order chi connectivity index (χ1) is 16.2. The average Bonchev–Trinajstić information content (AvgIpc) is 2.71. The molecule has 0 saturated carbocycles. The number of nitrogens with zero attached hydrogens (tertiary/aromatic N) is 1. The third-order valence-electron chi connectivity index (χ3n) is 5.12. The van der Waals surface area contributed by atoms with Gasteiger partial charge in [0.2, 0.25) is 11.8 Å². The van der Waals surface area contributed by atoms with E-state index in [9.17, 15) is 19.5 Å². The Kier molecular flexibility index (Phi) is 11.7. The smallest absolute Gasteiger partial charge is 0.408 e. The largest absolute Gasteiger partial charge is 0.444 e. The van der Waals surface area contributed by atoms with Crippen molar-refractivity contribution in [1.82, 2.24) is 15.5 Å². The first-order valence-corrected chi connectivity index (χ1v) is 12.5. The van der Waals surface area contributed by atoms with E-state index in [0.29, 0.717) is 18.5 Å². The van der Waals surface area contributed by atoms with Gasteiger partial charge in [0.15, 0.2) is 0 Å². The molecule has 0 bridgehead atoms. The van der Waals surface area contributed by atoms with Gasteiger partial charge in [-0.3, -0.25) is 9.59 Å². The fraction of sp³-hybridized carbons (Fsp3) is 0.667. The number of nitrogens with one attached hydrogen (secondary N) is 2. The maximum absolute atomic E-state index is 13.7. The molecule has 0 aliphatic heterocycles. The standard InChI is InChI=1S/C27H45N3O5/c1-9-10-11-12-16-30(24(33)21(18-31)28-25(34)35-27(6,7)8)22(23(32)29-26(3,4)5)20-15-13-14-19(2)17-20/h13-15,17,21-22,31H,9-12,16,18H2,1-8H3,(H,28,34)(H,29,32). The Morgan fingerprint density at radius 3 is 2.23 bits per heavy atom. The van der Waals surface area contributed by atoms with Crippen LogP contribution in [0.3, 0.4) is 0 Å². The minimum Gasteiger partial charge on any atom is -0.444 e. The number of carbonyl (C=O) groups excluding carboxylic acids is 3. The molecule has 0 aliphatic carbocycles. The van der Waals surface area contributed by atoms with Gasteiger partial charge in [0.1, 0.15) is 17.7 Å². The molecule has 2 atom stereocenters. The summed E-state index contributed by atoms with van der Waals surface area (Å²) in [6.07, 6.45) is 2.81. The average molecular weight is 492 g/mol. The van der Waals surface area contributed by atoms with Crippen LogP contribution in [-0.4, -0.2) is 58.2 Å². The van der Waals surface area contributed by atoms with Gasteiger partial charge in [-0.25, -0.2) is 4.79 Å². The number of hydrogen-bond acceptors (Lipinski definition) is 5. The zero-order chi connectivity index (χ0) is 26.8. The highest BCUT2D eigenvalue weighted by molar-refractivity contribution is 5.92. The third-order valence-corrected chi connectivity index (χ3v) is 5.12. The second-order valence-electron chi connectivity index (χ2n) is 11.0. The number of aliphatic hydroxyl groups excluding tert-OH is 1. The zero-order valence-electron chi connectivity index (χ0n) is 22.7. The minimum absolute atomic E-state index is 0.307. The van der Waals surface area contributed by atoms with E-state index in [1.54, 1.807) is 20.8 Å². The highest BCUT2D eigenvalue weighted by Gasteiger charge is 2.37. The van der Waals surface area contributed by atoms with Crippen LogP contribution in [0.1, 0.15) is 91.3 Å². The summed E-state index contributed by atoms with van der Waals surface area (Å²) in [6.45, 7) is 14.5. The molecule has 2 unspecified atom stereocenters. The summed E-state index contributed by atoms with van der Waals surface area (Å²) in [5.41, 5.74) is 0.356. The van der Waals surface area contributed by atoms with Crippen molar-refractivity contribution >= 4 is 17.9 Å². The molecule has 1 aromatic rings. The minimum atomic E-state index is -1.24. The van der Waals surface area contributed by atoms with Crippen LogP contribution in [0.4, 0.5) is 4.79 Å². The molecule has 8 heteroatoms. The molecular formula is C27H45N3O5. The van der Waals surface area contributed by atoms with Crippen molar-refractivity contribution in [2.75, 3.05) is 13.2 Å².